The van der Waals surface area contributed by atoms with Gasteiger partial charge < -0.3 is 14.4 Å². The molecule has 7 nitrogen and oxygen atoms in total. The quantitative estimate of drug-likeness (QED) is 0.565. The Hall–Kier alpha value is -2.37. The van der Waals surface area contributed by atoms with Crippen molar-refractivity contribution in [1.29, 1.82) is 0 Å². The van der Waals surface area contributed by atoms with Crippen LogP contribution < -0.4 is 9.64 Å². The third kappa shape index (κ3) is 5.86. The molecule has 0 bridgehead atoms. The van der Waals surface area contributed by atoms with E-state index in [2.05, 4.69) is 4.98 Å². The van der Waals surface area contributed by atoms with Crippen LogP contribution in [0.4, 0.5) is 19.0 Å². The van der Waals surface area contributed by atoms with Crippen LogP contribution in [0.25, 0.3) is 0 Å². The van der Waals surface area contributed by atoms with Gasteiger partial charge in [-0.15, -0.1) is 0 Å². The second-order valence-corrected chi connectivity index (χ2v) is 8.75. The van der Waals surface area contributed by atoms with Crippen molar-refractivity contribution in [2.24, 2.45) is 0 Å². The van der Waals surface area contributed by atoms with Crippen LogP contribution in [-0.2, 0) is 20.9 Å². The zero-order valence-electron chi connectivity index (χ0n) is 17.0. The molecule has 1 aliphatic heterocycles. The van der Waals surface area contributed by atoms with E-state index in [0.717, 1.165) is 12.3 Å². The van der Waals surface area contributed by atoms with Crippen molar-refractivity contribution in [3.8, 4) is 5.75 Å². The molecule has 1 aromatic heterocycles. The van der Waals surface area contributed by atoms with Crippen molar-refractivity contribution in [1.82, 2.24) is 9.29 Å². The molecule has 0 amide bonds. The molecule has 3 rings (SSSR count). The molecule has 0 atom stereocenters. The van der Waals surface area contributed by atoms with Gasteiger partial charge in [-0.25, -0.2) is 13.4 Å². The summed E-state index contributed by atoms with van der Waals surface area (Å²) in [6, 6.07) is 8.47. The summed E-state index contributed by atoms with van der Waals surface area (Å²) in [6.45, 7) is 4.39. The molecule has 0 aliphatic carbocycles. The van der Waals surface area contributed by atoms with Crippen molar-refractivity contribution in [3.05, 3.63) is 48.2 Å². The highest BCUT2D eigenvalue weighted by Gasteiger charge is 2.32. The predicted octanol–water partition coefficient (Wildman–Crippen LogP) is 3.03. The molecule has 2 aromatic rings. The van der Waals surface area contributed by atoms with E-state index in [9.17, 15) is 21.6 Å². The van der Waals surface area contributed by atoms with E-state index in [-0.39, 0.29) is 18.0 Å². The van der Waals surface area contributed by atoms with Gasteiger partial charge in [-0.1, -0.05) is 0 Å². The van der Waals surface area contributed by atoms with Crippen molar-refractivity contribution < 1.29 is 31.1 Å². The number of hydrogen-bond acceptors (Lipinski definition) is 6. The molecule has 0 N–H and O–H groups in total. The van der Waals surface area contributed by atoms with Gasteiger partial charge in [0, 0.05) is 39.0 Å². The third-order valence-corrected chi connectivity index (χ3v) is 6.71. The maximum atomic E-state index is 12.9. The first-order valence-corrected chi connectivity index (χ1v) is 11.2. The van der Waals surface area contributed by atoms with Gasteiger partial charge >= 0.3 is 6.18 Å². The van der Waals surface area contributed by atoms with E-state index >= 15 is 0 Å². The van der Waals surface area contributed by atoms with E-state index in [1.165, 1.54) is 22.5 Å². The fraction of sp³-hybridized carbons (Fsp3) is 0.450. The minimum atomic E-state index is -4.44. The molecule has 11 heteroatoms. The average Bonchev–Trinajstić information content (AvgIpc) is 2.77. The minimum absolute atomic E-state index is 0.158. The Morgan fingerprint density at radius 3 is 2.23 bits per heavy atom. The molecule has 2 heterocycles. The molecule has 0 spiro atoms. The van der Waals surface area contributed by atoms with Crippen LogP contribution in [0.5, 0.6) is 5.75 Å². The maximum absolute atomic E-state index is 12.9. The average molecular weight is 459 g/mol. The van der Waals surface area contributed by atoms with E-state index in [1.54, 1.807) is 17.0 Å². The first kappa shape index (κ1) is 23.3. The van der Waals surface area contributed by atoms with Gasteiger partial charge in [0.2, 0.25) is 10.0 Å². The standard InChI is InChI=1S/C20H24F3N3O4S/c1-2-29-13-14-30-17-4-6-18(7-5-17)31(27,28)26-11-9-25(10-12-26)19-8-3-16(15-24-19)20(21,22)23/h3-8,15H,2,9-14H2,1H3. The van der Waals surface area contributed by atoms with Crippen molar-refractivity contribution in [2.45, 2.75) is 18.0 Å². The van der Waals surface area contributed by atoms with Gasteiger partial charge in [0.15, 0.2) is 0 Å². The Bertz CT molecular complexity index is 943. The molecule has 1 saturated heterocycles. The molecule has 1 fully saturated rings. The zero-order valence-corrected chi connectivity index (χ0v) is 17.8. The zero-order chi connectivity index (χ0) is 22.5. The Balaban J connectivity index is 1.58. The van der Waals surface area contributed by atoms with Crippen LogP contribution in [0.3, 0.4) is 0 Å². The highest BCUT2D eigenvalue weighted by atomic mass is 32.2. The first-order chi connectivity index (χ1) is 14.7. The van der Waals surface area contributed by atoms with Crippen LogP contribution in [0.2, 0.25) is 0 Å². The Morgan fingerprint density at radius 1 is 1.00 bits per heavy atom. The third-order valence-electron chi connectivity index (χ3n) is 4.80. The number of benzene rings is 1. The summed E-state index contributed by atoms with van der Waals surface area (Å²) in [6.07, 6.45) is -3.65. The van der Waals surface area contributed by atoms with E-state index in [0.29, 0.717) is 44.5 Å². The monoisotopic (exact) mass is 459 g/mol. The molecule has 170 valence electrons. The smallest absolute Gasteiger partial charge is 0.417 e. The van der Waals surface area contributed by atoms with E-state index < -0.39 is 21.8 Å². The first-order valence-electron chi connectivity index (χ1n) is 9.81. The van der Waals surface area contributed by atoms with Crippen molar-refractivity contribution in [2.75, 3.05) is 50.9 Å². The van der Waals surface area contributed by atoms with Gasteiger partial charge in [-0.3, -0.25) is 0 Å². The number of pyridine rings is 1. The topological polar surface area (TPSA) is 72.0 Å². The lowest BCUT2D eigenvalue weighted by Crippen LogP contribution is -2.48. The summed E-state index contributed by atoms with van der Waals surface area (Å²) in [7, 11) is -3.68. The lowest BCUT2D eigenvalue weighted by atomic mass is 10.2. The van der Waals surface area contributed by atoms with Gasteiger partial charge in [-0.05, 0) is 43.3 Å². The van der Waals surface area contributed by atoms with Crippen LogP contribution in [0, 0.1) is 0 Å². The Morgan fingerprint density at radius 2 is 1.68 bits per heavy atom. The number of piperazine rings is 1. The number of sulfonamides is 1. The van der Waals surface area contributed by atoms with Crippen LogP contribution in [-0.4, -0.2) is 63.7 Å². The normalized spacial score (nSPS) is 15.8. The van der Waals surface area contributed by atoms with Crippen LogP contribution >= 0.6 is 0 Å². The van der Waals surface area contributed by atoms with Gasteiger partial charge in [-0.2, -0.15) is 17.5 Å². The number of rotatable bonds is 8. The highest BCUT2D eigenvalue weighted by Crippen LogP contribution is 2.29. The summed E-state index contributed by atoms with van der Waals surface area (Å²) in [4.78, 5) is 5.80. The Kier molecular flexibility index (Phi) is 7.39. The number of anilines is 1. The molecule has 0 saturated carbocycles. The molecule has 31 heavy (non-hydrogen) atoms. The lowest BCUT2D eigenvalue weighted by Gasteiger charge is -2.34. The maximum Gasteiger partial charge on any atom is 0.417 e. The number of alkyl halides is 3. The van der Waals surface area contributed by atoms with Crippen molar-refractivity contribution in [3.63, 3.8) is 0 Å². The molecule has 0 unspecified atom stereocenters. The second kappa shape index (κ2) is 9.84. The number of nitrogens with zero attached hydrogens (tertiary/aromatic N) is 3. The fourth-order valence-corrected chi connectivity index (χ4v) is 4.54. The van der Waals surface area contributed by atoms with E-state index in [4.69, 9.17) is 9.47 Å². The number of halogens is 3. The second-order valence-electron chi connectivity index (χ2n) is 6.81. The van der Waals surface area contributed by atoms with E-state index in [1.807, 2.05) is 6.92 Å². The SMILES string of the molecule is CCOCCOc1ccc(S(=O)(=O)N2CCN(c3ccc(C(F)(F)F)cn3)CC2)cc1. The number of aromatic nitrogens is 1. The molecule has 0 radical (unpaired) electrons. The summed E-state index contributed by atoms with van der Waals surface area (Å²) < 4.78 is 75.9. The van der Waals surface area contributed by atoms with Gasteiger partial charge in [0.05, 0.1) is 17.1 Å². The summed E-state index contributed by atoms with van der Waals surface area (Å²) in [5.74, 6) is 0.940. The predicted molar refractivity (Wildman–Crippen MR) is 109 cm³/mol. The summed E-state index contributed by atoms with van der Waals surface area (Å²) >= 11 is 0. The number of ether oxygens (including phenoxy) is 2. The highest BCUT2D eigenvalue weighted by molar-refractivity contribution is 7.89. The van der Waals surface area contributed by atoms with Gasteiger partial charge in [0.25, 0.3) is 0 Å². The molecule has 1 aromatic carbocycles. The summed E-state index contributed by atoms with van der Waals surface area (Å²) in [5, 5.41) is 0. The number of hydrogen-bond donors (Lipinski definition) is 0. The summed E-state index contributed by atoms with van der Waals surface area (Å²) in [5.41, 5.74) is -0.817. The molecular formula is C20H24F3N3O4S. The molecule has 1 aliphatic rings. The minimum Gasteiger partial charge on any atom is -0.491 e. The van der Waals surface area contributed by atoms with Gasteiger partial charge in [0.1, 0.15) is 18.2 Å². The van der Waals surface area contributed by atoms with Crippen LogP contribution in [0.1, 0.15) is 12.5 Å². The van der Waals surface area contributed by atoms with Crippen LogP contribution in [0.15, 0.2) is 47.5 Å². The lowest BCUT2D eigenvalue weighted by molar-refractivity contribution is -0.137. The fourth-order valence-electron chi connectivity index (χ4n) is 3.12. The Labute approximate surface area is 179 Å². The largest absolute Gasteiger partial charge is 0.491 e. The molecular weight excluding hydrogens is 435 g/mol. The van der Waals surface area contributed by atoms with Crippen molar-refractivity contribution >= 4 is 15.8 Å².